The Kier molecular flexibility index (Phi) is 4.77. The third-order valence-electron chi connectivity index (χ3n) is 5.08. The first kappa shape index (κ1) is 18.4. The molecule has 1 unspecified atom stereocenters. The van der Waals surface area contributed by atoms with Crippen molar-refractivity contribution in [1.29, 1.82) is 0 Å². The van der Waals surface area contributed by atoms with E-state index < -0.39 is 11.5 Å². The number of carbonyl (C=O) groups excluding carboxylic acids is 2. The van der Waals surface area contributed by atoms with Crippen molar-refractivity contribution in [3.8, 4) is 0 Å². The Morgan fingerprint density at radius 2 is 2.00 bits per heavy atom. The predicted molar refractivity (Wildman–Crippen MR) is 109 cm³/mol. The van der Waals surface area contributed by atoms with E-state index in [0.29, 0.717) is 27.5 Å². The summed E-state index contributed by atoms with van der Waals surface area (Å²) in [6, 6.07) is 8.54. The summed E-state index contributed by atoms with van der Waals surface area (Å²) in [5.41, 5.74) is 1.15. The Morgan fingerprint density at radius 3 is 2.79 bits per heavy atom. The number of para-hydroxylation sites is 1. The maximum atomic E-state index is 12.8. The summed E-state index contributed by atoms with van der Waals surface area (Å²) in [7, 11) is 1.57. The molecule has 1 aromatic carbocycles. The SMILES string of the molecule is CNC(=O)c1c(NC(=O)c2cc3ccccc3oc2=O)sc2c1CCC(C)C2. The van der Waals surface area contributed by atoms with E-state index in [-0.39, 0.29) is 11.5 Å². The minimum Gasteiger partial charge on any atom is -0.422 e. The van der Waals surface area contributed by atoms with Crippen molar-refractivity contribution < 1.29 is 14.0 Å². The Bertz CT molecular complexity index is 1150. The summed E-state index contributed by atoms with van der Waals surface area (Å²) in [4.78, 5) is 38.7. The zero-order chi connectivity index (χ0) is 19.8. The molecule has 2 heterocycles. The van der Waals surface area contributed by atoms with Crippen LogP contribution in [0, 0.1) is 5.92 Å². The highest BCUT2D eigenvalue weighted by atomic mass is 32.1. The number of hydrogen-bond acceptors (Lipinski definition) is 5. The molecule has 7 heteroatoms. The van der Waals surface area contributed by atoms with Gasteiger partial charge in [-0.15, -0.1) is 11.3 Å². The first-order valence-electron chi connectivity index (χ1n) is 9.18. The number of nitrogens with one attached hydrogen (secondary N) is 2. The van der Waals surface area contributed by atoms with Crippen molar-refractivity contribution in [2.75, 3.05) is 12.4 Å². The van der Waals surface area contributed by atoms with Gasteiger partial charge in [0.05, 0.1) is 5.56 Å². The fourth-order valence-corrected chi connectivity index (χ4v) is 5.00. The number of hydrogen-bond donors (Lipinski definition) is 2. The zero-order valence-electron chi connectivity index (χ0n) is 15.6. The summed E-state index contributed by atoms with van der Waals surface area (Å²) in [5, 5.41) is 6.58. The van der Waals surface area contributed by atoms with Gasteiger partial charge in [0.15, 0.2) is 0 Å². The number of amides is 2. The maximum absolute atomic E-state index is 12.8. The monoisotopic (exact) mass is 396 g/mol. The van der Waals surface area contributed by atoms with Gasteiger partial charge in [-0.1, -0.05) is 25.1 Å². The molecule has 2 N–H and O–H groups in total. The van der Waals surface area contributed by atoms with Crippen LogP contribution in [0.15, 0.2) is 39.5 Å². The van der Waals surface area contributed by atoms with E-state index in [9.17, 15) is 14.4 Å². The van der Waals surface area contributed by atoms with E-state index in [2.05, 4.69) is 17.6 Å². The normalized spacial score (nSPS) is 15.9. The second kappa shape index (κ2) is 7.24. The smallest absolute Gasteiger partial charge is 0.349 e. The molecule has 0 spiro atoms. The van der Waals surface area contributed by atoms with Crippen LogP contribution in [0.4, 0.5) is 5.00 Å². The fraction of sp³-hybridized carbons (Fsp3) is 0.286. The third-order valence-corrected chi connectivity index (χ3v) is 6.25. The summed E-state index contributed by atoms with van der Waals surface area (Å²) in [6.07, 6.45) is 2.71. The average Bonchev–Trinajstić information content (AvgIpc) is 3.03. The van der Waals surface area contributed by atoms with Crippen molar-refractivity contribution in [2.45, 2.75) is 26.2 Å². The molecule has 0 aliphatic heterocycles. The second-order valence-electron chi connectivity index (χ2n) is 7.07. The van der Waals surface area contributed by atoms with Crippen molar-refractivity contribution in [2.24, 2.45) is 5.92 Å². The van der Waals surface area contributed by atoms with Crippen LogP contribution in [-0.2, 0) is 12.8 Å². The summed E-state index contributed by atoms with van der Waals surface area (Å²) >= 11 is 1.42. The highest BCUT2D eigenvalue weighted by molar-refractivity contribution is 7.17. The molecule has 4 rings (SSSR count). The van der Waals surface area contributed by atoms with E-state index in [1.807, 2.05) is 6.07 Å². The van der Waals surface area contributed by atoms with E-state index in [1.54, 1.807) is 25.2 Å². The van der Waals surface area contributed by atoms with Gasteiger partial charge in [0.1, 0.15) is 16.1 Å². The molecule has 0 fully saturated rings. The minimum absolute atomic E-state index is 0.0821. The van der Waals surface area contributed by atoms with Gasteiger partial charge in [0, 0.05) is 17.3 Å². The standard InChI is InChI=1S/C21H20N2O4S/c1-11-7-8-13-16(9-11)28-20(17(13)19(25)22-2)23-18(24)14-10-12-5-3-4-6-15(12)27-21(14)26/h3-6,10-11H,7-9H2,1-2H3,(H,22,25)(H,23,24). The van der Waals surface area contributed by atoms with Crippen LogP contribution >= 0.6 is 11.3 Å². The Labute approximate surface area is 165 Å². The molecule has 28 heavy (non-hydrogen) atoms. The van der Waals surface area contributed by atoms with E-state index in [1.165, 1.54) is 17.4 Å². The molecule has 3 aromatic rings. The van der Waals surface area contributed by atoms with Crippen LogP contribution in [-0.4, -0.2) is 18.9 Å². The largest absolute Gasteiger partial charge is 0.422 e. The molecule has 144 valence electrons. The first-order valence-corrected chi connectivity index (χ1v) is 10.0. The van der Waals surface area contributed by atoms with Gasteiger partial charge in [-0.3, -0.25) is 9.59 Å². The van der Waals surface area contributed by atoms with Gasteiger partial charge in [0.2, 0.25) is 0 Å². The third kappa shape index (κ3) is 3.22. The van der Waals surface area contributed by atoms with E-state index >= 15 is 0 Å². The lowest BCUT2D eigenvalue weighted by Gasteiger charge is -2.18. The quantitative estimate of drug-likeness (QED) is 0.662. The molecule has 6 nitrogen and oxygen atoms in total. The van der Waals surface area contributed by atoms with Crippen LogP contribution in [0.5, 0.6) is 0 Å². The van der Waals surface area contributed by atoms with Gasteiger partial charge in [-0.2, -0.15) is 0 Å². The maximum Gasteiger partial charge on any atom is 0.349 e. The molecule has 0 saturated heterocycles. The number of rotatable bonds is 3. The number of fused-ring (bicyclic) bond motifs is 2. The zero-order valence-corrected chi connectivity index (χ0v) is 16.4. The van der Waals surface area contributed by atoms with Crippen LogP contribution in [0.25, 0.3) is 11.0 Å². The van der Waals surface area contributed by atoms with E-state index in [4.69, 9.17) is 4.42 Å². The van der Waals surface area contributed by atoms with Crippen molar-refractivity contribution in [3.05, 3.63) is 62.3 Å². The molecule has 2 aromatic heterocycles. The molecule has 0 saturated carbocycles. The molecule has 0 bridgehead atoms. The highest BCUT2D eigenvalue weighted by Crippen LogP contribution is 2.39. The molecule has 2 amide bonds. The second-order valence-corrected chi connectivity index (χ2v) is 8.18. The minimum atomic E-state index is -0.701. The van der Waals surface area contributed by atoms with Gasteiger partial charge in [-0.25, -0.2) is 4.79 Å². The molecular weight excluding hydrogens is 376 g/mol. The summed E-state index contributed by atoms with van der Waals surface area (Å²) < 4.78 is 5.25. The lowest BCUT2D eigenvalue weighted by atomic mass is 9.88. The van der Waals surface area contributed by atoms with Crippen LogP contribution < -0.4 is 16.3 Å². The fourth-order valence-electron chi connectivity index (χ4n) is 3.59. The summed E-state index contributed by atoms with van der Waals surface area (Å²) in [5.74, 6) is -0.260. The molecule has 0 radical (unpaired) electrons. The van der Waals surface area contributed by atoms with Crippen LogP contribution in [0.3, 0.4) is 0 Å². The average molecular weight is 396 g/mol. The van der Waals surface area contributed by atoms with Crippen LogP contribution in [0.2, 0.25) is 0 Å². The number of anilines is 1. The topological polar surface area (TPSA) is 88.4 Å². The Balaban J connectivity index is 1.73. The van der Waals surface area contributed by atoms with Crippen molar-refractivity contribution >= 4 is 39.1 Å². The van der Waals surface area contributed by atoms with Gasteiger partial charge < -0.3 is 15.1 Å². The molecule has 1 atom stereocenters. The lowest BCUT2D eigenvalue weighted by molar-refractivity contribution is 0.0963. The van der Waals surface area contributed by atoms with Crippen LogP contribution in [0.1, 0.15) is 44.5 Å². The number of thiophene rings is 1. The molecule has 1 aliphatic carbocycles. The Morgan fingerprint density at radius 1 is 1.21 bits per heavy atom. The first-order chi connectivity index (χ1) is 13.5. The van der Waals surface area contributed by atoms with Crippen molar-refractivity contribution in [3.63, 3.8) is 0 Å². The van der Waals surface area contributed by atoms with Gasteiger partial charge in [0.25, 0.3) is 11.8 Å². The van der Waals surface area contributed by atoms with Crippen molar-refractivity contribution in [1.82, 2.24) is 5.32 Å². The summed E-state index contributed by atoms with van der Waals surface area (Å²) in [6.45, 7) is 2.18. The molecule has 1 aliphatic rings. The number of benzene rings is 1. The lowest BCUT2D eigenvalue weighted by Crippen LogP contribution is -2.24. The van der Waals surface area contributed by atoms with Gasteiger partial charge in [-0.05, 0) is 42.9 Å². The molecular formula is C21H20N2O4S. The van der Waals surface area contributed by atoms with Gasteiger partial charge >= 0.3 is 5.63 Å². The predicted octanol–water partition coefficient (Wildman–Crippen LogP) is 3.59. The highest BCUT2D eigenvalue weighted by Gasteiger charge is 2.28. The van der Waals surface area contributed by atoms with E-state index in [0.717, 1.165) is 29.7 Å². The Hall–Kier alpha value is -2.93. The number of carbonyl (C=O) groups is 2.